The van der Waals surface area contributed by atoms with Gasteiger partial charge in [0, 0.05) is 6.42 Å². The Balaban J connectivity index is 2.35. The van der Waals surface area contributed by atoms with Crippen LogP contribution in [0.3, 0.4) is 0 Å². The molecule has 1 heterocycles. The monoisotopic (exact) mass is 487 g/mol. The second-order valence-corrected chi connectivity index (χ2v) is 10.0. The van der Waals surface area contributed by atoms with E-state index in [1.165, 1.54) is 0 Å². The van der Waals surface area contributed by atoms with Gasteiger partial charge in [0.1, 0.15) is 24.2 Å². The fourth-order valence-corrected chi connectivity index (χ4v) is 4.16. The van der Waals surface area contributed by atoms with Gasteiger partial charge < -0.3 is 20.7 Å². The highest BCUT2D eigenvalue weighted by atomic mass is 16.5. The number of cyclic esters (lactones) is 1. The largest absolute Gasteiger partial charge is 0.460 e. The van der Waals surface area contributed by atoms with E-state index in [0.29, 0.717) is 6.42 Å². The molecule has 5 atom stereocenters. The lowest BCUT2D eigenvalue weighted by atomic mass is 9.95. The second-order valence-electron chi connectivity index (χ2n) is 10.0. The second kappa shape index (κ2) is 13.9. The minimum atomic E-state index is -0.889. The Kier molecular flexibility index (Phi) is 11.2. The molecular weight excluding hydrogens is 446 g/mol. The fourth-order valence-electron chi connectivity index (χ4n) is 4.16. The third-order valence-corrected chi connectivity index (χ3v) is 6.30. The standard InChI is InChI=1S/C27H41N3O5/c1-6-7-11-18(4)23-16-24(31)29-21(15-20-12-9-8-10-13-20)26(33)28-19(5)25(32)30-22(14-17(2)3)27(34)35-23/h8-10,12-13,17-19,21-23H,6-7,11,14-16H2,1-5H3,(H,28,33)(H,29,31)(H,30,32)/t18-,19+,21+,22+,23-/m0/s1. The Morgan fingerprint density at radius 2 is 1.63 bits per heavy atom. The van der Waals surface area contributed by atoms with Gasteiger partial charge in [-0.25, -0.2) is 4.79 Å². The van der Waals surface area contributed by atoms with E-state index < -0.39 is 42.0 Å². The molecule has 8 nitrogen and oxygen atoms in total. The summed E-state index contributed by atoms with van der Waals surface area (Å²) in [5.41, 5.74) is 0.880. The highest BCUT2D eigenvalue weighted by Crippen LogP contribution is 2.20. The maximum Gasteiger partial charge on any atom is 0.328 e. The number of unbranched alkanes of at least 4 members (excludes halogenated alkanes) is 1. The van der Waals surface area contributed by atoms with Crippen molar-refractivity contribution in [2.75, 3.05) is 0 Å². The molecule has 35 heavy (non-hydrogen) atoms. The van der Waals surface area contributed by atoms with Crippen LogP contribution in [0.4, 0.5) is 0 Å². The third-order valence-electron chi connectivity index (χ3n) is 6.30. The molecule has 0 unspecified atom stereocenters. The van der Waals surface area contributed by atoms with Crippen LogP contribution >= 0.6 is 0 Å². The Bertz CT molecular complexity index is 858. The minimum Gasteiger partial charge on any atom is -0.460 e. The molecular formula is C27H41N3O5. The Morgan fingerprint density at radius 1 is 0.943 bits per heavy atom. The molecule has 3 N–H and O–H groups in total. The molecule has 2 rings (SSSR count). The summed E-state index contributed by atoms with van der Waals surface area (Å²) in [6.07, 6.45) is 2.70. The number of esters is 1. The number of carbonyl (C=O) groups is 4. The van der Waals surface area contributed by atoms with E-state index in [1.54, 1.807) is 6.92 Å². The number of hydrogen-bond donors (Lipinski definition) is 3. The predicted molar refractivity (Wildman–Crippen MR) is 134 cm³/mol. The molecule has 1 aromatic carbocycles. The number of nitrogens with one attached hydrogen (secondary N) is 3. The van der Waals surface area contributed by atoms with Gasteiger partial charge in [0.05, 0.1) is 6.42 Å². The number of amides is 3. The highest BCUT2D eigenvalue weighted by Gasteiger charge is 2.33. The quantitative estimate of drug-likeness (QED) is 0.488. The molecule has 0 aromatic heterocycles. The van der Waals surface area contributed by atoms with E-state index in [-0.39, 0.29) is 30.6 Å². The van der Waals surface area contributed by atoms with Crippen LogP contribution in [0.2, 0.25) is 0 Å². The lowest BCUT2D eigenvalue weighted by Crippen LogP contribution is -2.55. The summed E-state index contributed by atoms with van der Waals surface area (Å²) in [5.74, 6) is -1.76. The predicted octanol–water partition coefficient (Wildman–Crippen LogP) is 2.89. The molecule has 0 radical (unpaired) electrons. The van der Waals surface area contributed by atoms with E-state index in [9.17, 15) is 19.2 Å². The number of benzene rings is 1. The maximum atomic E-state index is 13.1. The summed E-state index contributed by atoms with van der Waals surface area (Å²) in [6, 6.07) is 6.76. The molecule has 1 aliphatic heterocycles. The minimum absolute atomic E-state index is 0.0485. The summed E-state index contributed by atoms with van der Waals surface area (Å²) >= 11 is 0. The first-order valence-electron chi connectivity index (χ1n) is 12.7. The zero-order chi connectivity index (χ0) is 26.0. The van der Waals surface area contributed by atoms with Gasteiger partial charge in [0.15, 0.2) is 0 Å². The first kappa shape index (κ1) is 28.3. The van der Waals surface area contributed by atoms with Crippen LogP contribution in [-0.4, -0.2) is 47.9 Å². The normalized spacial score (nSPS) is 25.3. The van der Waals surface area contributed by atoms with Crippen LogP contribution in [0, 0.1) is 11.8 Å². The van der Waals surface area contributed by atoms with Crippen LogP contribution in [0.25, 0.3) is 0 Å². The molecule has 1 aliphatic rings. The Hall–Kier alpha value is -2.90. The number of rotatable bonds is 8. The Morgan fingerprint density at radius 3 is 2.26 bits per heavy atom. The van der Waals surface area contributed by atoms with Crippen LogP contribution < -0.4 is 16.0 Å². The van der Waals surface area contributed by atoms with E-state index in [2.05, 4.69) is 22.9 Å². The Labute approximate surface area is 208 Å². The summed E-state index contributed by atoms with van der Waals surface area (Å²) in [4.78, 5) is 52.1. The van der Waals surface area contributed by atoms with Crippen molar-refractivity contribution in [3.8, 4) is 0 Å². The third kappa shape index (κ3) is 9.34. The van der Waals surface area contributed by atoms with Crippen LogP contribution in [-0.2, 0) is 30.3 Å². The van der Waals surface area contributed by atoms with Crippen molar-refractivity contribution in [1.82, 2.24) is 16.0 Å². The van der Waals surface area contributed by atoms with E-state index in [1.807, 2.05) is 51.1 Å². The average molecular weight is 488 g/mol. The zero-order valence-corrected chi connectivity index (χ0v) is 21.6. The van der Waals surface area contributed by atoms with Gasteiger partial charge in [-0.3, -0.25) is 14.4 Å². The van der Waals surface area contributed by atoms with Crippen molar-refractivity contribution < 1.29 is 23.9 Å². The molecule has 1 saturated heterocycles. The molecule has 0 saturated carbocycles. The van der Waals surface area contributed by atoms with E-state index in [4.69, 9.17) is 4.74 Å². The van der Waals surface area contributed by atoms with E-state index in [0.717, 1.165) is 24.8 Å². The van der Waals surface area contributed by atoms with Gasteiger partial charge in [-0.2, -0.15) is 0 Å². The zero-order valence-electron chi connectivity index (χ0n) is 21.6. The van der Waals surface area contributed by atoms with Gasteiger partial charge in [-0.1, -0.05) is 70.9 Å². The molecule has 194 valence electrons. The van der Waals surface area contributed by atoms with Crippen molar-refractivity contribution in [3.63, 3.8) is 0 Å². The van der Waals surface area contributed by atoms with Crippen LogP contribution in [0.15, 0.2) is 30.3 Å². The maximum absolute atomic E-state index is 13.1. The first-order chi connectivity index (χ1) is 16.6. The SMILES string of the molecule is CCCC[C@H](C)[C@@H]1CC(=O)N[C@H](Cc2ccccc2)C(=O)N[C@H](C)C(=O)N[C@H](CC(C)C)C(=O)O1. The fraction of sp³-hybridized carbons (Fsp3) is 0.630. The van der Waals surface area contributed by atoms with Gasteiger partial charge in [-0.15, -0.1) is 0 Å². The molecule has 0 bridgehead atoms. The van der Waals surface area contributed by atoms with Gasteiger partial charge in [0.25, 0.3) is 0 Å². The summed E-state index contributed by atoms with van der Waals surface area (Å²) in [7, 11) is 0. The highest BCUT2D eigenvalue weighted by molar-refractivity contribution is 5.94. The molecule has 0 spiro atoms. The first-order valence-corrected chi connectivity index (χ1v) is 12.7. The number of ether oxygens (including phenoxy) is 1. The smallest absolute Gasteiger partial charge is 0.328 e. The van der Waals surface area contributed by atoms with Crippen molar-refractivity contribution in [1.29, 1.82) is 0 Å². The average Bonchev–Trinajstić information content (AvgIpc) is 2.81. The van der Waals surface area contributed by atoms with Crippen LogP contribution in [0.1, 0.15) is 72.3 Å². The summed E-state index contributed by atoms with van der Waals surface area (Å²) < 4.78 is 5.85. The molecule has 1 fully saturated rings. The summed E-state index contributed by atoms with van der Waals surface area (Å²) in [6.45, 7) is 9.51. The lowest BCUT2D eigenvalue weighted by molar-refractivity contribution is -0.157. The molecule has 3 amide bonds. The van der Waals surface area contributed by atoms with E-state index >= 15 is 0 Å². The van der Waals surface area contributed by atoms with Crippen molar-refractivity contribution in [3.05, 3.63) is 35.9 Å². The number of carbonyl (C=O) groups excluding carboxylic acids is 4. The van der Waals surface area contributed by atoms with Crippen molar-refractivity contribution in [2.45, 2.75) is 97.4 Å². The van der Waals surface area contributed by atoms with Crippen molar-refractivity contribution in [2.24, 2.45) is 11.8 Å². The number of hydrogen-bond acceptors (Lipinski definition) is 5. The van der Waals surface area contributed by atoms with Gasteiger partial charge >= 0.3 is 5.97 Å². The van der Waals surface area contributed by atoms with Crippen LogP contribution in [0.5, 0.6) is 0 Å². The molecule has 8 heteroatoms. The van der Waals surface area contributed by atoms with Gasteiger partial charge in [0.2, 0.25) is 17.7 Å². The molecule has 1 aromatic rings. The lowest BCUT2D eigenvalue weighted by Gasteiger charge is -2.27. The topological polar surface area (TPSA) is 114 Å². The van der Waals surface area contributed by atoms with Gasteiger partial charge in [-0.05, 0) is 37.2 Å². The van der Waals surface area contributed by atoms with Crippen molar-refractivity contribution >= 4 is 23.7 Å². The molecule has 0 aliphatic carbocycles. The summed E-state index contributed by atoms with van der Waals surface area (Å²) in [5, 5.41) is 8.26.